The van der Waals surface area contributed by atoms with Crippen molar-refractivity contribution in [1.29, 1.82) is 0 Å². The first-order chi connectivity index (χ1) is 12.9. The SMILES string of the molecule is CCC(C(=O)Nc1ccc(NC(C)=O)cc1)N1C(=O)c2ccccc2C1=O. The van der Waals surface area contributed by atoms with E-state index in [9.17, 15) is 19.2 Å². The van der Waals surface area contributed by atoms with Gasteiger partial charge < -0.3 is 10.6 Å². The van der Waals surface area contributed by atoms with Gasteiger partial charge in [0.05, 0.1) is 11.1 Å². The summed E-state index contributed by atoms with van der Waals surface area (Å²) in [6, 6.07) is 12.2. The van der Waals surface area contributed by atoms with E-state index in [-0.39, 0.29) is 5.91 Å². The third kappa shape index (κ3) is 3.57. The van der Waals surface area contributed by atoms with Crippen LogP contribution in [0.1, 0.15) is 41.0 Å². The fraction of sp³-hybridized carbons (Fsp3) is 0.200. The average Bonchev–Trinajstić information content (AvgIpc) is 2.89. The molecule has 0 aliphatic carbocycles. The van der Waals surface area contributed by atoms with E-state index in [1.807, 2.05) is 0 Å². The predicted octanol–water partition coefficient (Wildman–Crippen LogP) is 2.66. The third-order valence-electron chi connectivity index (χ3n) is 4.30. The van der Waals surface area contributed by atoms with Crippen molar-refractivity contribution >= 4 is 35.0 Å². The van der Waals surface area contributed by atoms with Gasteiger partial charge in [-0.25, -0.2) is 0 Å². The van der Waals surface area contributed by atoms with Crippen molar-refractivity contribution in [3.05, 3.63) is 59.7 Å². The van der Waals surface area contributed by atoms with Crippen LogP contribution in [0, 0.1) is 0 Å². The number of benzene rings is 2. The summed E-state index contributed by atoms with van der Waals surface area (Å²) >= 11 is 0. The summed E-state index contributed by atoms with van der Waals surface area (Å²) in [7, 11) is 0. The molecule has 1 unspecified atom stereocenters. The fourth-order valence-electron chi connectivity index (χ4n) is 3.04. The standard InChI is InChI=1S/C20H19N3O4/c1-3-17(23-19(26)15-6-4-5-7-16(15)20(23)27)18(25)22-14-10-8-13(9-11-14)21-12(2)24/h4-11,17H,3H2,1-2H3,(H,21,24)(H,22,25). The van der Waals surface area contributed by atoms with Crippen LogP contribution in [0.2, 0.25) is 0 Å². The summed E-state index contributed by atoms with van der Waals surface area (Å²) in [4.78, 5) is 50.0. The Balaban J connectivity index is 1.76. The molecule has 0 saturated heterocycles. The molecule has 2 aromatic carbocycles. The summed E-state index contributed by atoms with van der Waals surface area (Å²) in [6.45, 7) is 3.15. The quantitative estimate of drug-likeness (QED) is 0.796. The number of carbonyl (C=O) groups excluding carboxylic acids is 4. The Hall–Kier alpha value is -3.48. The first kappa shape index (κ1) is 18.3. The zero-order valence-electron chi connectivity index (χ0n) is 15.0. The number of nitrogens with one attached hydrogen (secondary N) is 2. The van der Waals surface area contributed by atoms with Gasteiger partial charge in [0.2, 0.25) is 11.8 Å². The Morgan fingerprint density at radius 3 is 1.81 bits per heavy atom. The van der Waals surface area contributed by atoms with E-state index in [2.05, 4.69) is 10.6 Å². The lowest BCUT2D eigenvalue weighted by atomic mass is 10.1. The van der Waals surface area contributed by atoms with Gasteiger partial charge in [0.15, 0.2) is 0 Å². The maximum absolute atomic E-state index is 12.7. The molecule has 7 nitrogen and oxygen atoms in total. The molecule has 1 aliphatic heterocycles. The number of anilines is 2. The van der Waals surface area contributed by atoms with Crippen LogP contribution in [0.15, 0.2) is 48.5 Å². The van der Waals surface area contributed by atoms with E-state index in [4.69, 9.17) is 0 Å². The van der Waals surface area contributed by atoms with Crippen molar-refractivity contribution in [2.45, 2.75) is 26.3 Å². The molecule has 0 aromatic heterocycles. The lowest BCUT2D eigenvalue weighted by molar-refractivity contribution is -0.120. The normalized spacial score (nSPS) is 13.9. The van der Waals surface area contributed by atoms with Gasteiger partial charge in [-0.1, -0.05) is 19.1 Å². The largest absolute Gasteiger partial charge is 0.326 e. The highest BCUT2D eigenvalue weighted by atomic mass is 16.2. The number of rotatable bonds is 5. The molecule has 0 saturated carbocycles. The van der Waals surface area contributed by atoms with Gasteiger partial charge in [-0.05, 0) is 42.8 Å². The van der Waals surface area contributed by atoms with Crippen LogP contribution < -0.4 is 10.6 Å². The van der Waals surface area contributed by atoms with Crippen LogP contribution in [-0.2, 0) is 9.59 Å². The van der Waals surface area contributed by atoms with E-state index in [0.29, 0.717) is 28.9 Å². The smallest absolute Gasteiger partial charge is 0.262 e. The molecule has 4 amide bonds. The number of hydrogen-bond donors (Lipinski definition) is 2. The second kappa shape index (κ2) is 7.41. The summed E-state index contributed by atoms with van der Waals surface area (Å²) in [5, 5.41) is 5.36. The van der Waals surface area contributed by atoms with Crippen LogP contribution in [0.4, 0.5) is 11.4 Å². The number of nitrogens with zero attached hydrogens (tertiary/aromatic N) is 1. The molecule has 2 aromatic rings. The van der Waals surface area contributed by atoms with Crippen molar-refractivity contribution in [3.8, 4) is 0 Å². The maximum Gasteiger partial charge on any atom is 0.262 e. The topological polar surface area (TPSA) is 95.6 Å². The Morgan fingerprint density at radius 1 is 0.889 bits per heavy atom. The monoisotopic (exact) mass is 365 g/mol. The van der Waals surface area contributed by atoms with Crippen molar-refractivity contribution in [2.75, 3.05) is 10.6 Å². The summed E-state index contributed by atoms with van der Waals surface area (Å²) in [5.74, 6) is -1.56. The number of imide groups is 1. The minimum absolute atomic E-state index is 0.191. The summed E-state index contributed by atoms with van der Waals surface area (Å²) in [5.41, 5.74) is 1.74. The highest BCUT2D eigenvalue weighted by Crippen LogP contribution is 2.26. The van der Waals surface area contributed by atoms with Crippen LogP contribution in [0.5, 0.6) is 0 Å². The third-order valence-corrected chi connectivity index (χ3v) is 4.30. The predicted molar refractivity (Wildman–Crippen MR) is 100 cm³/mol. The van der Waals surface area contributed by atoms with Gasteiger partial charge in [-0.3, -0.25) is 24.1 Å². The molecule has 0 radical (unpaired) electrons. The van der Waals surface area contributed by atoms with Crippen LogP contribution in [0.25, 0.3) is 0 Å². The number of amides is 4. The molecule has 1 aliphatic rings. The number of fused-ring (bicyclic) bond motifs is 1. The Labute approximate surface area is 156 Å². The molecule has 3 rings (SSSR count). The Kier molecular flexibility index (Phi) is 5.03. The lowest BCUT2D eigenvalue weighted by Crippen LogP contribution is -2.46. The average molecular weight is 365 g/mol. The zero-order chi connectivity index (χ0) is 19.6. The highest BCUT2D eigenvalue weighted by molar-refractivity contribution is 6.23. The summed E-state index contributed by atoms with van der Waals surface area (Å²) < 4.78 is 0. The highest BCUT2D eigenvalue weighted by Gasteiger charge is 2.41. The van der Waals surface area contributed by atoms with E-state index in [0.717, 1.165) is 4.90 Å². The molecule has 27 heavy (non-hydrogen) atoms. The Bertz CT molecular complexity index is 886. The molecule has 0 bridgehead atoms. The number of carbonyl (C=O) groups is 4. The minimum atomic E-state index is -0.910. The first-order valence-electron chi connectivity index (χ1n) is 8.57. The number of hydrogen-bond acceptors (Lipinski definition) is 4. The van der Waals surface area contributed by atoms with Gasteiger partial charge in [-0.2, -0.15) is 0 Å². The molecule has 2 N–H and O–H groups in total. The van der Waals surface area contributed by atoms with Gasteiger partial charge >= 0.3 is 0 Å². The molecule has 7 heteroatoms. The zero-order valence-corrected chi connectivity index (χ0v) is 15.0. The second-order valence-corrected chi connectivity index (χ2v) is 6.20. The summed E-state index contributed by atoms with van der Waals surface area (Å²) in [6.07, 6.45) is 0.293. The lowest BCUT2D eigenvalue weighted by Gasteiger charge is -2.24. The Morgan fingerprint density at radius 2 is 1.37 bits per heavy atom. The van der Waals surface area contributed by atoms with Crippen molar-refractivity contribution in [2.24, 2.45) is 0 Å². The molecule has 1 heterocycles. The molecule has 1 atom stereocenters. The maximum atomic E-state index is 12.7. The van der Waals surface area contributed by atoms with Crippen molar-refractivity contribution < 1.29 is 19.2 Å². The van der Waals surface area contributed by atoms with E-state index < -0.39 is 23.8 Å². The molecule has 0 spiro atoms. The minimum Gasteiger partial charge on any atom is -0.326 e. The van der Waals surface area contributed by atoms with Gasteiger partial charge in [0, 0.05) is 18.3 Å². The van der Waals surface area contributed by atoms with Crippen LogP contribution in [-0.4, -0.2) is 34.6 Å². The fourth-order valence-corrected chi connectivity index (χ4v) is 3.04. The van der Waals surface area contributed by atoms with Gasteiger partial charge in [0.25, 0.3) is 11.8 Å². The van der Waals surface area contributed by atoms with E-state index in [1.165, 1.54) is 6.92 Å². The molecule has 0 fully saturated rings. The van der Waals surface area contributed by atoms with Crippen molar-refractivity contribution in [3.63, 3.8) is 0 Å². The van der Waals surface area contributed by atoms with Gasteiger partial charge in [0.1, 0.15) is 6.04 Å². The first-order valence-corrected chi connectivity index (χ1v) is 8.57. The molecular formula is C20H19N3O4. The van der Waals surface area contributed by atoms with Crippen LogP contribution >= 0.6 is 0 Å². The van der Waals surface area contributed by atoms with Gasteiger partial charge in [-0.15, -0.1) is 0 Å². The molecular weight excluding hydrogens is 346 g/mol. The van der Waals surface area contributed by atoms with Crippen molar-refractivity contribution in [1.82, 2.24) is 4.90 Å². The molecule has 138 valence electrons. The van der Waals surface area contributed by atoms with Crippen LogP contribution in [0.3, 0.4) is 0 Å². The van der Waals surface area contributed by atoms with E-state index >= 15 is 0 Å². The second-order valence-electron chi connectivity index (χ2n) is 6.20. The van der Waals surface area contributed by atoms with E-state index in [1.54, 1.807) is 55.5 Å².